The van der Waals surface area contributed by atoms with E-state index in [4.69, 9.17) is 9.47 Å². The summed E-state index contributed by atoms with van der Waals surface area (Å²) in [5.74, 6) is 0.745. The molecule has 0 aliphatic carbocycles. The van der Waals surface area contributed by atoms with Crippen molar-refractivity contribution in [3.05, 3.63) is 34.3 Å². The van der Waals surface area contributed by atoms with Crippen LogP contribution in [0.4, 0.5) is 0 Å². The Morgan fingerprint density at radius 3 is 3.05 bits per heavy atom. The Labute approximate surface area is 127 Å². The van der Waals surface area contributed by atoms with Crippen LogP contribution in [0.15, 0.2) is 28.7 Å². The summed E-state index contributed by atoms with van der Waals surface area (Å²) in [6.45, 7) is 3.85. The van der Waals surface area contributed by atoms with Gasteiger partial charge in [0.2, 0.25) is 5.91 Å². The maximum atomic E-state index is 12.1. The van der Waals surface area contributed by atoms with E-state index in [-0.39, 0.29) is 12.0 Å². The van der Waals surface area contributed by atoms with Crippen LogP contribution in [0.2, 0.25) is 0 Å². The molecule has 0 radical (unpaired) electrons. The Bertz CT molecular complexity index is 516. The molecule has 0 aromatic heterocycles. The minimum atomic E-state index is 0.00202. The van der Waals surface area contributed by atoms with Gasteiger partial charge in [-0.2, -0.15) is 0 Å². The molecule has 108 valence electrons. The second kappa shape index (κ2) is 6.90. The molecule has 1 amide bonds. The van der Waals surface area contributed by atoms with Crippen molar-refractivity contribution in [2.75, 3.05) is 26.8 Å². The van der Waals surface area contributed by atoms with Gasteiger partial charge in [-0.3, -0.25) is 4.79 Å². The molecule has 0 N–H and O–H groups in total. The third-order valence-electron chi connectivity index (χ3n) is 3.15. The van der Waals surface area contributed by atoms with E-state index in [1.165, 1.54) is 0 Å². The fourth-order valence-electron chi connectivity index (χ4n) is 2.12. The van der Waals surface area contributed by atoms with Crippen LogP contribution >= 0.6 is 15.9 Å². The Hall–Kier alpha value is -1.33. The van der Waals surface area contributed by atoms with E-state index >= 15 is 0 Å². The first kappa shape index (κ1) is 15.1. The van der Waals surface area contributed by atoms with Crippen LogP contribution in [0.25, 0.3) is 6.08 Å². The van der Waals surface area contributed by atoms with Crippen molar-refractivity contribution in [1.82, 2.24) is 4.90 Å². The van der Waals surface area contributed by atoms with E-state index in [1.807, 2.05) is 25.1 Å². The van der Waals surface area contributed by atoms with Gasteiger partial charge in [0, 0.05) is 29.2 Å². The minimum Gasteiger partial charge on any atom is -0.496 e. The molecule has 1 aliphatic heterocycles. The first-order valence-corrected chi connectivity index (χ1v) is 7.31. The third kappa shape index (κ3) is 3.84. The van der Waals surface area contributed by atoms with Gasteiger partial charge in [0.15, 0.2) is 0 Å². The topological polar surface area (TPSA) is 38.8 Å². The predicted molar refractivity (Wildman–Crippen MR) is 81.7 cm³/mol. The van der Waals surface area contributed by atoms with Crippen LogP contribution < -0.4 is 4.74 Å². The van der Waals surface area contributed by atoms with Crippen molar-refractivity contribution < 1.29 is 14.3 Å². The fourth-order valence-corrected chi connectivity index (χ4v) is 2.50. The van der Waals surface area contributed by atoms with Gasteiger partial charge >= 0.3 is 0 Å². The standard InChI is InChI=1S/C15H18BrNO3/c1-11-10-17(7-8-20-11)15(18)6-3-12-9-13(16)4-5-14(12)19-2/h3-6,9,11H,7-8,10H2,1-2H3/b6-3+. The van der Waals surface area contributed by atoms with Crippen molar-refractivity contribution in [1.29, 1.82) is 0 Å². The molecule has 1 heterocycles. The second-order valence-electron chi connectivity index (χ2n) is 4.69. The molecule has 1 unspecified atom stereocenters. The largest absolute Gasteiger partial charge is 0.496 e. The number of hydrogen-bond donors (Lipinski definition) is 0. The Kier molecular flexibility index (Phi) is 5.20. The number of carbonyl (C=O) groups excluding carboxylic acids is 1. The van der Waals surface area contributed by atoms with E-state index < -0.39 is 0 Å². The van der Waals surface area contributed by atoms with Gasteiger partial charge in [-0.15, -0.1) is 0 Å². The van der Waals surface area contributed by atoms with E-state index in [9.17, 15) is 4.79 Å². The number of halogens is 1. The van der Waals surface area contributed by atoms with E-state index in [2.05, 4.69) is 15.9 Å². The molecule has 1 aliphatic rings. The molecule has 1 saturated heterocycles. The maximum absolute atomic E-state index is 12.1. The van der Waals surface area contributed by atoms with Crippen molar-refractivity contribution in [3.63, 3.8) is 0 Å². The van der Waals surface area contributed by atoms with Crippen LogP contribution in [0.1, 0.15) is 12.5 Å². The van der Waals surface area contributed by atoms with E-state index in [0.29, 0.717) is 19.7 Å². The summed E-state index contributed by atoms with van der Waals surface area (Å²) in [5, 5.41) is 0. The first-order chi connectivity index (χ1) is 9.60. The van der Waals surface area contributed by atoms with Gasteiger partial charge in [-0.05, 0) is 31.2 Å². The highest BCUT2D eigenvalue weighted by atomic mass is 79.9. The number of methoxy groups -OCH3 is 1. The summed E-state index contributed by atoms with van der Waals surface area (Å²) >= 11 is 3.42. The lowest BCUT2D eigenvalue weighted by molar-refractivity contribution is -0.132. The van der Waals surface area contributed by atoms with E-state index in [0.717, 1.165) is 15.8 Å². The van der Waals surface area contributed by atoms with Crippen molar-refractivity contribution in [3.8, 4) is 5.75 Å². The smallest absolute Gasteiger partial charge is 0.246 e. The number of amides is 1. The molecule has 1 aromatic rings. The molecule has 1 aromatic carbocycles. The van der Waals surface area contributed by atoms with Crippen LogP contribution in [-0.4, -0.2) is 43.7 Å². The van der Waals surface area contributed by atoms with Gasteiger partial charge in [0.05, 0.1) is 19.8 Å². The van der Waals surface area contributed by atoms with Gasteiger partial charge in [0.25, 0.3) is 0 Å². The van der Waals surface area contributed by atoms with Crippen LogP contribution in [0, 0.1) is 0 Å². The van der Waals surface area contributed by atoms with Gasteiger partial charge in [0.1, 0.15) is 5.75 Å². The quantitative estimate of drug-likeness (QED) is 0.795. The summed E-state index contributed by atoms with van der Waals surface area (Å²) in [6, 6.07) is 5.69. The van der Waals surface area contributed by atoms with Crippen molar-refractivity contribution in [2.24, 2.45) is 0 Å². The number of nitrogens with zero attached hydrogens (tertiary/aromatic N) is 1. The van der Waals surface area contributed by atoms with Crippen LogP contribution in [-0.2, 0) is 9.53 Å². The Balaban J connectivity index is 2.08. The molecule has 0 spiro atoms. The highest BCUT2D eigenvalue weighted by molar-refractivity contribution is 9.10. The molecule has 4 nitrogen and oxygen atoms in total. The predicted octanol–water partition coefficient (Wildman–Crippen LogP) is 2.72. The molecule has 1 fully saturated rings. The number of hydrogen-bond acceptors (Lipinski definition) is 3. The van der Waals surface area contributed by atoms with Crippen molar-refractivity contribution >= 4 is 27.9 Å². The fraction of sp³-hybridized carbons (Fsp3) is 0.400. The monoisotopic (exact) mass is 339 g/mol. The summed E-state index contributed by atoms with van der Waals surface area (Å²) in [7, 11) is 1.62. The number of carbonyl (C=O) groups is 1. The molecule has 0 saturated carbocycles. The average Bonchev–Trinajstić information content (AvgIpc) is 2.45. The molecule has 0 bridgehead atoms. The van der Waals surface area contributed by atoms with Gasteiger partial charge in [-0.25, -0.2) is 0 Å². The number of ether oxygens (including phenoxy) is 2. The average molecular weight is 340 g/mol. The Morgan fingerprint density at radius 2 is 2.35 bits per heavy atom. The lowest BCUT2D eigenvalue weighted by Gasteiger charge is -2.30. The zero-order valence-electron chi connectivity index (χ0n) is 11.6. The van der Waals surface area contributed by atoms with Crippen LogP contribution in [0.5, 0.6) is 5.75 Å². The second-order valence-corrected chi connectivity index (χ2v) is 5.60. The zero-order valence-corrected chi connectivity index (χ0v) is 13.2. The van der Waals surface area contributed by atoms with Gasteiger partial charge < -0.3 is 14.4 Å². The normalized spacial score (nSPS) is 19.4. The Morgan fingerprint density at radius 1 is 1.55 bits per heavy atom. The van der Waals surface area contributed by atoms with E-state index in [1.54, 1.807) is 24.2 Å². The maximum Gasteiger partial charge on any atom is 0.246 e. The number of morpholine rings is 1. The lowest BCUT2D eigenvalue weighted by Crippen LogP contribution is -2.43. The van der Waals surface area contributed by atoms with Crippen molar-refractivity contribution in [2.45, 2.75) is 13.0 Å². The molecule has 20 heavy (non-hydrogen) atoms. The summed E-state index contributed by atoms with van der Waals surface area (Å²) in [5.41, 5.74) is 0.872. The molecule has 5 heteroatoms. The molecular weight excluding hydrogens is 322 g/mol. The highest BCUT2D eigenvalue weighted by Crippen LogP contribution is 2.24. The summed E-state index contributed by atoms with van der Waals surface area (Å²) in [6.07, 6.45) is 3.47. The number of rotatable bonds is 3. The minimum absolute atomic E-state index is 0.00202. The third-order valence-corrected chi connectivity index (χ3v) is 3.64. The molecule has 1 atom stereocenters. The first-order valence-electron chi connectivity index (χ1n) is 6.52. The zero-order chi connectivity index (χ0) is 14.5. The van der Waals surface area contributed by atoms with Crippen LogP contribution in [0.3, 0.4) is 0 Å². The lowest BCUT2D eigenvalue weighted by atomic mass is 10.2. The highest BCUT2D eigenvalue weighted by Gasteiger charge is 2.19. The summed E-state index contributed by atoms with van der Waals surface area (Å²) in [4.78, 5) is 13.9. The molecule has 2 rings (SSSR count). The molecular formula is C15H18BrNO3. The van der Waals surface area contributed by atoms with Gasteiger partial charge in [-0.1, -0.05) is 15.9 Å². The number of benzene rings is 1. The summed E-state index contributed by atoms with van der Waals surface area (Å²) < 4.78 is 11.7. The SMILES string of the molecule is COc1ccc(Br)cc1/C=C/C(=O)N1CCOC(C)C1.